The van der Waals surface area contributed by atoms with Crippen molar-refractivity contribution >= 4 is 0 Å². The summed E-state index contributed by atoms with van der Waals surface area (Å²) in [6, 6.07) is 0. The predicted octanol–water partition coefficient (Wildman–Crippen LogP) is 6.91. The number of rotatable bonds is 8. The molecule has 2 fully saturated rings. The molecule has 0 saturated carbocycles. The van der Waals surface area contributed by atoms with Crippen molar-refractivity contribution < 1.29 is 0 Å². The molecule has 0 aliphatic carbocycles. The average Bonchev–Trinajstić information content (AvgIpc) is 2.66. The Morgan fingerprint density at radius 1 is 0.562 bits per heavy atom. The Bertz CT molecular complexity index is 580. The highest BCUT2D eigenvalue weighted by molar-refractivity contribution is 4.97. The summed E-state index contributed by atoms with van der Waals surface area (Å²) in [5.74, 6) is 0.837. The van der Waals surface area contributed by atoms with E-state index in [1.165, 1.54) is 71.4 Å². The molecule has 190 valence electrons. The van der Waals surface area contributed by atoms with Gasteiger partial charge in [0, 0.05) is 42.8 Å². The third-order valence-electron chi connectivity index (χ3n) is 9.30. The van der Waals surface area contributed by atoms with Crippen LogP contribution < -0.4 is 0 Å². The minimum atomic E-state index is 0.273. The molecule has 0 aromatic rings. The van der Waals surface area contributed by atoms with Crippen molar-refractivity contribution in [1.29, 1.82) is 0 Å². The maximum absolute atomic E-state index is 2.80. The molecule has 0 N–H and O–H groups in total. The Morgan fingerprint density at radius 2 is 0.969 bits per heavy atom. The molecule has 2 rings (SSSR count). The first kappa shape index (κ1) is 28.1. The molecule has 2 saturated heterocycles. The lowest BCUT2D eigenvalue weighted by atomic mass is 9.67. The van der Waals surface area contributed by atoms with Crippen LogP contribution in [0.4, 0.5) is 0 Å². The van der Waals surface area contributed by atoms with Crippen LogP contribution in [0.1, 0.15) is 115 Å². The normalized spacial score (nSPS) is 22.5. The number of piperidine rings is 1. The van der Waals surface area contributed by atoms with Gasteiger partial charge in [0.15, 0.2) is 0 Å². The molecular formula is C29H59N3. The molecule has 2 heterocycles. The lowest BCUT2D eigenvalue weighted by Gasteiger charge is -2.52. The Balaban J connectivity index is 1.93. The molecule has 0 unspecified atom stereocenters. The Labute approximate surface area is 202 Å². The smallest absolute Gasteiger partial charge is 0.0159 e. The molecule has 2 aliphatic rings. The summed E-state index contributed by atoms with van der Waals surface area (Å²) >= 11 is 0. The SMILES string of the molecule is CCC(C)(C)CC(C)(C)N1CCC(C(C)(C)CC(C)(C)N2CCN(C(C)(C)C)CC2)CC1. The van der Waals surface area contributed by atoms with Gasteiger partial charge in [-0.2, -0.15) is 0 Å². The number of piperazine rings is 1. The van der Waals surface area contributed by atoms with Crippen molar-refractivity contribution in [1.82, 2.24) is 14.7 Å². The number of hydrogen-bond donors (Lipinski definition) is 0. The largest absolute Gasteiger partial charge is 0.298 e. The van der Waals surface area contributed by atoms with Crippen LogP contribution in [0.5, 0.6) is 0 Å². The molecule has 2 aliphatic heterocycles. The number of nitrogens with zero attached hydrogens (tertiary/aromatic N) is 3. The first-order valence-electron chi connectivity index (χ1n) is 13.6. The van der Waals surface area contributed by atoms with Crippen LogP contribution in [0, 0.1) is 16.7 Å². The van der Waals surface area contributed by atoms with Crippen molar-refractivity contribution in [3.63, 3.8) is 0 Å². The summed E-state index contributed by atoms with van der Waals surface area (Å²) < 4.78 is 0. The first-order valence-corrected chi connectivity index (χ1v) is 13.6. The van der Waals surface area contributed by atoms with Gasteiger partial charge in [0.25, 0.3) is 0 Å². The summed E-state index contributed by atoms with van der Waals surface area (Å²) in [5, 5.41) is 0. The van der Waals surface area contributed by atoms with Crippen LogP contribution in [-0.4, -0.2) is 70.6 Å². The molecule has 0 bridgehead atoms. The highest BCUT2D eigenvalue weighted by atomic mass is 15.3. The fourth-order valence-corrected chi connectivity index (χ4v) is 7.03. The Morgan fingerprint density at radius 3 is 1.41 bits per heavy atom. The zero-order chi connectivity index (χ0) is 24.6. The van der Waals surface area contributed by atoms with Crippen LogP contribution >= 0.6 is 0 Å². The number of hydrogen-bond acceptors (Lipinski definition) is 3. The van der Waals surface area contributed by atoms with Crippen LogP contribution in [0.25, 0.3) is 0 Å². The zero-order valence-electron chi connectivity index (χ0n) is 24.2. The van der Waals surface area contributed by atoms with E-state index in [1.54, 1.807) is 0 Å². The average molecular weight is 450 g/mol. The topological polar surface area (TPSA) is 9.72 Å². The second kappa shape index (κ2) is 9.86. The van der Waals surface area contributed by atoms with E-state index in [9.17, 15) is 0 Å². The molecule has 0 radical (unpaired) electrons. The molecule has 0 amide bonds. The summed E-state index contributed by atoms with van der Waals surface area (Å²) in [6.07, 6.45) is 6.57. The maximum Gasteiger partial charge on any atom is 0.0159 e. The third-order valence-corrected chi connectivity index (χ3v) is 9.30. The van der Waals surface area contributed by atoms with E-state index >= 15 is 0 Å². The molecule has 32 heavy (non-hydrogen) atoms. The van der Waals surface area contributed by atoms with Gasteiger partial charge < -0.3 is 0 Å². The summed E-state index contributed by atoms with van der Waals surface area (Å²) in [5.41, 5.74) is 1.70. The molecule has 0 aromatic carbocycles. The van der Waals surface area contributed by atoms with Crippen LogP contribution in [0.2, 0.25) is 0 Å². The van der Waals surface area contributed by atoms with Gasteiger partial charge in [0.1, 0.15) is 0 Å². The van der Waals surface area contributed by atoms with Crippen LogP contribution in [0.3, 0.4) is 0 Å². The standard InChI is InChI=1S/C29H59N3/c1-13-26(5,6)22-28(9,10)31-16-14-24(15-17-31)27(7,8)23-29(11,12)32-20-18-30(19-21-32)25(2,3)4/h24H,13-23H2,1-12H3. The van der Waals surface area contributed by atoms with Gasteiger partial charge in [-0.25, -0.2) is 0 Å². The van der Waals surface area contributed by atoms with E-state index in [0.29, 0.717) is 21.9 Å². The minimum Gasteiger partial charge on any atom is -0.298 e. The predicted molar refractivity (Wildman–Crippen MR) is 142 cm³/mol. The molecular weight excluding hydrogens is 390 g/mol. The van der Waals surface area contributed by atoms with E-state index in [2.05, 4.69) is 97.8 Å². The molecule has 0 spiro atoms. The lowest BCUT2D eigenvalue weighted by molar-refractivity contribution is -0.0271. The summed E-state index contributed by atoms with van der Waals surface area (Å²) in [4.78, 5) is 8.23. The van der Waals surface area contributed by atoms with Crippen molar-refractivity contribution in [2.75, 3.05) is 39.3 Å². The van der Waals surface area contributed by atoms with Gasteiger partial charge in [-0.3, -0.25) is 14.7 Å². The maximum atomic E-state index is 2.80. The van der Waals surface area contributed by atoms with Crippen molar-refractivity contribution in [3.05, 3.63) is 0 Å². The Hall–Kier alpha value is -0.120. The van der Waals surface area contributed by atoms with Crippen LogP contribution in [-0.2, 0) is 0 Å². The first-order chi connectivity index (χ1) is 14.4. The van der Waals surface area contributed by atoms with Crippen molar-refractivity contribution in [3.8, 4) is 0 Å². The fraction of sp³-hybridized carbons (Fsp3) is 1.00. The summed E-state index contributed by atoms with van der Waals surface area (Å²) in [6.45, 7) is 36.7. The highest BCUT2D eigenvalue weighted by Gasteiger charge is 2.42. The zero-order valence-corrected chi connectivity index (χ0v) is 24.2. The van der Waals surface area contributed by atoms with Gasteiger partial charge >= 0.3 is 0 Å². The van der Waals surface area contributed by atoms with Gasteiger partial charge in [-0.05, 0) is 104 Å². The molecule has 0 atom stereocenters. The van der Waals surface area contributed by atoms with Crippen molar-refractivity contribution in [2.24, 2.45) is 16.7 Å². The van der Waals surface area contributed by atoms with Gasteiger partial charge in [-0.15, -0.1) is 0 Å². The molecule has 3 heteroatoms. The fourth-order valence-electron chi connectivity index (χ4n) is 7.03. The summed E-state index contributed by atoms with van der Waals surface area (Å²) in [7, 11) is 0. The van der Waals surface area contributed by atoms with E-state index in [0.717, 1.165) is 5.92 Å². The second-order valence-corrected chi connectivity index (χ2v) is 14.9. The van der Waals surface area contributed by atoms with Gasteiger partial charge in [-0.1, -0.05) is 41.0 Å². The quantitative estimate of drug-likeness (QED) is 0.398. The van der Waals surface area contributed by atoms with Crippen LogP contribution in [0.15, 0.2) is 0 Å². The van der Waals surface area contributed by atoms with E-state index in [-0.39, 0.29) is 5.54 Å². The van der Waals surface area contributed by atoms with E-state index < -0.39 is 0 Å². The minimum absolute atomic E-state index is 0.273. The van der Waals surface area contributed by atoms with E-state index in [4.69, 9.17) is 0 Å². The van der Waals surface area contributed by atoms with Gasteiger partial charge in [0.05, 0.1) is 0 Å². The lowest BCUT2D eigenvalue weighted by Crippen LogP contribution is -2.59. The molecule has 3 nitrogen and oxygen atoms in total. The van der Waals surface area contributed by atoms with E-state index in [1.807, 2.05) is 0 Å². The second-order valence-electron chi connectivity index (χ2n) is 14.9. The Kier molecular flexibility index (Phi) is 8.66. The van der Waals surface area contributed by atoms with Crippen molar-refractivity contribution in [2.45, 2.75) is 132 Å². The number of likely N-dealkylation sites (tertiary alicyclic amines) is 1. The highest BCUT2D eigenvalue weighted by Crippen LogP contribution is 2.44. The van der Waals surface area contributed by atoms with Gasteiger partial charge in [0.2, 0.25) is 0 Å². The third kappa shape index (κ3) is 7.19. The monoisotopic (exact) mass is 449 g/mol. The molecule has 0 aromatic heterocycles.